The van der Waals surface area contributed by atoms with Crippen LogP contribution in [0.15, 0.2) is 45.9 Å². The van der Waals surface area contributed by atoms with Gasteiger partial charge in [-0.1, -0.05) is 85.8 Å². The number of aliphatic hydroxyl groups excluding tert-OH is 2. The summed E-state index contributed by atoms with van der Waals surface area (Å²) >= 11 is 0. The number of phenols is 2. The molecule has 0 aliphatic carbocycles. The molecule has 0 saturated carbocycles. The van der Waals surface area contributed by atoms with Crippen molar-refractivity contribution in [3.8, 4) is 30.1 Å². The van der Waals surface area contributed by atoms with Gasteiger partial charge in [0, 0.05) is 81.0 Å². The molecule has 2 amide bonds. The summed E-state index contributed by atoms with van der Waals surface area (Å²) in [5.74, 6) is -3.20. The number of carbonyl (C=O) groups is 4. The molecule has 1 unspecified atom stereocenters. The molecule has 7 rings (SSSR count). The quantitative estimate of drug-likeness (QED) is 0.0541. The molecule has 5 aliphatic rings. The van der Waals surface area contributed by atoms with E-state index in [1.165, 1.54) is 7.11 Å². The van der Waals surface area contributed by atoms with E-state index < -0.39 is 53.7 Å². The Morgan fingerprint density at radius 2 is 1.62 bits per heavy atom. The molecule has 5 heterocycles. The van der Waals surface area contributed by atoms with E-state index in [4.69, 9.17) is 24.6 Å². The predicted octanol–water partition coefficient (Wildman–Crippen LogP) is 6.20. The Bertz CT molecular complexity index is 2410. The molecule has 7 N–H and O–H groups in total. The zero-order chi connectivity index (χ0) is 53.3. The highest BCUT2D eigenvalue weighted by Crippen LogP contribution is 2.45. The van der Waals surface area contributed by atoms with E-state index in [2.05, 4.69) is 47.5 Å². The second-order valence-corrected chi connectivity index (χ2v) is 19.4. The fraction of sp³-hybridized carbons (Fsp3) is 0.600. The van der Waals surface area contributed by atoms with Crippen LogP contribution in [0, 0.1) is 49.4 Å². The third kappa shape index (κ3) is 14.7. The number of ketones is 1. The summed E-state index contributed by atoms with van der Waals surface area (Å²) in [6, 6.07) is -0.0503. The Balaban J connectivity index is 0.00000214. The van der Waals surface area contributed by atoms with E-state index in [1.807, 2.05) is 53.7 Å². The average molecular weight is 987 g/mol. The van der Waals surface area contributed by atoms with Crippen LogP contribution in [0.1, 0.15) is 123 Å². The minimum Gasteiger partial charge on any atom is -0.507 e. The second-order valence-electron chi connectivity index (χ2n) is 19.4. The number of allylic oxidation sites excluding steroid dienone is 5. The van der Waals surface area contributed by atoms with E-state index in [9.17, 15) is 34.5 Å². The van der Waals surface area contributed by atoms with Crippen LogP contribution in [0.25, 0.3) is 10.8 Å². The molecule has 4 bridgehead atoms. The molecule has 16 nitrogen and oxygen atoms in total. The summed E-state index contributed by atoms with van der Waals surface area (Å²) in [5.41, 5.74) is -0.253. The number of nitrogens with one attached hydrogen (secondary N) is 3. The van der Waals surface area contributed by atoms with Crippen molar-refractivity contribution >= 4 is 40.0 Å². The number of likely N-dealkylation sites (tertiary alicyclic amines) is 1. The molecule has 2 aromatic carbocycles. The zero-order valence-corrected chi connectivity index (χ0v) is 44.2. The number of methoxy groups -OCH3 is 1. The lowest BCUT2D eigenvalue weighted by molar-refractivity contribution is -0.160. The van der Waals surface area contributed by atoms with Gasteiger partial charge in [0.05, 0.1) is 29.5 Å². The van der Waals surface area contributed by atoms with Gasteiger partial charge in [0.25, 0.3) is 5.91 Å². The van der Waals surface area contributed by atoms with Crippen LogP contribution in [-0.2, 0) is 19.1 Å². The van der Waals surface area contributed by atoms with E-state index >= 15 is 0 Å². The molecule has 2 fully saturated rings. The molecule has 0 radical (unpaired) electrons. The predicted molar refractivity (Wildman–Crippen MR) is 279 cm³/mol. The third-order valence-corrected chi connectivity index (χ3v) is 13.5. The van der Waals surface area contributed by atoms with Crippen LogP contribution in [0.5, 0.6) is 17.2 Å². The van der Waals surface area contributed by atoms with Crippen molar-refractivity contribution in [1.82, 2.24) is 15.5 Å². The summed E-state index contributed by atoms with van der Waals surface area (Å²) < 4.78 is 11.9. The van der Waals surface area contributed by atoms with Crippen molar-refractivity contribution in [3.05, 3.63) is 57.8 Å². The molecule has 2 saturated heterocycles. The van der Waals surface area contributed by atoms with Crippen molar-refractivity contribution in [3.63, 3.8) is 0 Å². The average Bonchev–Trinajstić information content (AvgIpc) is 4.01. The highest BCUT2D eigenvalue weighted by Gasteiger charge is 2.40. The molecule has 0 aromatic heterocycles. The number of ether oxygens (including phenoxy) is 2. The Hall–Kier alpha value is -5.60. The molecular weight excluding hydrogens is 905 g/mol. The van der Waals surface area contributed by atoms with E-state index in [0.29, 0.717) is 43.7 Å². The lowest BCUT2D eigenvalue weighted by Gasteiger charge is -2.36. The van der Waals surface area contributed by atoms with Crippen LogP contribution in [0.4, 0.5) is 5.69 Å². The zero-order valence-electron chi connectivity index (χ0n) is 44.2. The topological polar surface area (TPSA) is 232 Å². The number of rotatable bonds is 7. The number of piperidine rings is 1. The smallest absolute Gasteiger partial charge is 0.315 e. The van der Waals surface area contributed by atoms with Crippen LogP contribution < -0.4 is 31.4 Å². The summed E-state index contributed by atoms with van der Waals surface area (Å²) in [5, 5.41) is 52.3. The monoisotopic (exact) mass is 987 g/mol. The number of fused-ring (bicyclic) bond motifs is 14. The van der Waals surface area contributed by atoms with Crippen molar-refractivity contribution in [2.75, 3.05) is 52.3 Å². The first kappa shape index (κ1) is 59.7. The van der Waals surface area contributed by atoms with Crippen molar-refractivity contribution in [2.24, 2.45) is 39.6 Å². The van der Waals surface area contributed by atoms with E-state index in [1.54, 1.807) is 32.1 Å². The molecule has 5 aliphatic heterocycles. The summed E-state index contributed by atoms with van der Waals surface area (Å²) in [4.78, 5) is 67.5. The van der Waals surface area contributed by atoms with Gasteiger partial charge in [-0.25, -0.2) is 0 Å². The molecular formula is C55H82N6O10. The van der Waals surface area contributed by atoms with Crippen LogP contribution in [0.3, 0.4) is 0 Å². The summed E-state index contributed by atoms with van der Waals surface area (Å²) in [6.07, 6.45) is 17.6. The van der Waals surface area contributed by atoms with Crippen LogP contribution >= 0.6 is 0 Å². The number of amides is 2. The summed E-state index contributed by atoms with van der Waals surface area (Å²) in [7, 11) is 2.42. The number of aliphatic hydroxyl groups is 2. The first-order chi connectivity index (χ1) is 33.8. The molecule has 2 aromatic rings. The number of nitrogens with zero attached hydrogens (tertiary/aromatic N) is 3. The first-order valence-electron chi connectivity index (χ1n) is 25.1. The van der Waals surface area contributed by atoms with Gasteiger partial charge in [0.1, 0.15) is 35.1 Å². The Morgan fingerprint density at radius 1 is 0.972 bits per heavy atom. The fourth-order valence-electron chi connectivity index (χ4n) is 9.97. The van der Waals surface area contributed by atoms with Gasteiger partial charge in [-0.3, -0.25) is 29.2 Å². The Kier molecular flexibility index (Phi) is 23.4. The fourth-order valence-corrected chi connectivity index (χ4v) is 9.97. The number of anilines is 1. The van der Waals surface area contributed by atoms with Gasteiger partial charge < -0.3 is 50.8 Å². The number of carbonyl (C=O) groups excluding carboxylic acids is 4. The van der Waals surface area contributed by atoms with Gasteiger partial charge in [-0.2, -0.15) is 0 Å². The lowest BCUT2D eigenvalue weighted by atomic mass is 9.80. The normalized spacial score (nSPS) is 26.3. The van der Waals surface area contributed by atoms with Gasteiger partial charge in [-0.05, 0) is 63.3 Å². The van der Waals surface area contributed by atoms with Crippen molar-refractivity contribution < 1.29 is 49.1 Å². The van der Waals surface area contributed by atoms with Crippen molar-refractivity contribution in [2.45, 2.75) is 138 Å². The van der Waals surface area contributed by atoms with Crippen LogP contribution in [0.2, 0.25) is 0 Å². The summed E-state index contributed by atoms with van der Waals surface area (Å²) in [6.45, 7) is 23.1. The van der Waals surface area contributed by atoms with E-state index in [-0.39, 0.29) is 85.8 Å². The largest absolute Gasteiger partial charge is 0.507 e. The Morgan fingerprint density at radius 3 is 2.23 bits per heavy atom. The lowest BCUT2D eigenvalue weighted by Crippen LogP contribution is -2.43. The number of Topliss-reactive ketones (excluding diaryl/α,β-unsaturated/α-hetero) is 1. The van der Waals surface area contributed by atoms with Gasteiger partial charge >= 0.3 is 5.97 Å². The van der Waals surface area contributed by atoms with Crippen LogP contribution in [-0.4, -0.2) is 120 Å². The minimum absolute atomic E-state index is 0.00250. The molecule has 1 spiro atoms. The molecule has 7 atom stereocenters. The number of esters is 1. The number of phenolic OH excluding ortho intramolecular Hbond substituents is 2. The second kappa shape index (κ2) is 27.9. The first-order valence-corrected chi connectivity index (χ1v) is 25.1. The Labute approximate surface area is 421 Å². The minimum atomic E-state index is -0.923. The third-order valence-electron chi connectivity index (χ3n) is 13.5. The number of hydrogen-bond donors (Lipinski definition) is 7. The maximum absolute atomic E-state index is 14.6. The molecule has 16 heteroatoms. The SMILES string of the molecule is C#C.CC.CO.COc1c(C)c(O)c2c(O)c3c4c(c2c1C(=O)C/C=C/C[C@@H](C)[C@@H](OC(=O)CC(=O)NC1CCNC1)[C@H](C)[C@H](O)[C@H](C)C[C@@H](C)/C=C/C=C(/C)C(=O)N3)=NC1(CCN(CC(C)C)CC1)N=4. The standard InChI is InChI=1S/C50H70N6O9.C2H6.C2H2.CH4O/c1-27(2)26-56-21-18-50(19-22-56)54-41-39-38-35(57)16-11-10-14-29(4)47(65-37(59)24-36(58)52-34-17-20-51-25-34)32(7)44(60)31(6)23-28(3)13-12-15-30(5)49(63)53-43(42(41)55-50)46(62)40(39)45(61)33(8)48(38)64-9;3*1-2/h10-13,15,27-29,31-32,34,44,47,51,60-62H,14,16-26H2,1-9H3,(H,52,58)(H,53,63);1-2H3;1-2H;2H,1H3/b11-10+,13-12+,30-15-;;;/t28-,29+,31+,32+,34?,44+,47+;;;/m0.../s1. The highest BCUT2D eigenvalue weighted by atomic mass is 16.5. The van der Waals surface area contributed by atoms with E-state index in [0.717, 1.165) is 39.7 Å². The van der Waals surface area contributed by atoms with Gasteiger partial charge in [0.15, 0.2) is 17.2 Å². The number of hydrogen-bond acceptors (Lipinski definition) is 14. The maximum Gasteiger partial charge on any atom is 0.315 e. The highest BCUT2D eigenvalue weighted by molar-refractivity contribution is 6.16. The number of terminal acetylenes is 1. The molecule has 71 heavy (non-hydrogen) atoms. The number of aromatic hydroxyl groups is 2. The number of benzene rings is 2. The van der Waals surface area contributed by atoms with Gasteiger partial charge in [0.2, 0.25) is 5.91 Å². The molecule has 392 valence electrons. The van der Waals surface area contributed by atoms with Gasteiger partial charge in [-0.15, -0.1) is 12.8 Å². The maximum atomic E-state index is 14.6. The van der Waals surface area contributed by atoms with Crippen molar-refractivity contribution in [1.29, 1.82) is 0 Å².